The molecule has 0 fully saturated rings. The average Bonchev–Trinajstić information content (AvgIpc) is 2.49. The molecule has 1 aromatic carbocycles. The van der Waals surface area contributed by atoms with Crippen molar-refractivity contribution < 1.29 is 24.0 Å². The normalized spacial score (nSPS) is 10.6. The topological polar surface area (TPSA) is 140 Å². The Morgan fingerprint density at radius 1 is 1.24 bits per heavy atom. The van der Waals surface area contributed by atoms with Crippen molar-refractivity contribution in [2.75, 3.05) is 19.0 Å². The van der Waals surface area contributed by atoms with Gasteiger partial charge in [0, 0.05) is 18.7 Å². The predicted octanol–water partition coefficient (Wildman–Crippen LogP) is 1.42. The first kappa shape index (κ1) is 19.9. The molecule has 10 heteroatoms. The van der Waals surface area contributed by atoms with Crippen LogP contribution in [0.1, 0.15) is 31.1 Å². The third-order valence-electron chi connectivity index (χ3n) is 2.78. The Bertz CT molecular complexity index is 696. The Morgan fingerprint density at radius 2 is 1.88 bits per heavy atom. The fourth-order valence-electron chi connectivity index (χ4n) is 1.77. The van der Waals surface area contributed by atoms with E-state index in [-0.39, 0.29) is 16.9 Å². The number of amides is 3. The molecule has 0 spiro atoms. The standard InChI is InChI=1S/C15H20N4O6/c1-15(2,3)18-14(22)17-12(20)8-25-13(21)9-5-6-10(16-4)11(7-9)19(23)24/h5-7,16H,8H2,1-4H3,(H2,17,18,20,22). The van der Waals surface area contributed by atoms with Crippen LogP contribution in [0.25, 0.3) is 0 Å². The van der Waals surface area contributed by atoms with E-state index in [0.29, 0.717) is 0 Å². The van der Waals surface area contributed by atoms with Crippen molar-refractivity contribution in [1.82, 2.24) is 10.6 Å². The number of anilines is 1. The zero-order valence-electron chi connectivity index (χ0n) is 14.3. The smallest absolute Gasteiger partial charge is 0.338 e. The number of urea groups is 1. The highest BCUT2D eigenvalue weighted by Crippen LogP contribution is 2.25. The van der Waals surface area contributed by atoms with Gasteiger partial charge in [0.15, 0.2) is 6.61 Å². The largest absolute Gasteiger partial charge is 0.452 e. The third-order valence-corrected chi connectivity index (χ3v) is 2.78. The average molecular weight is 352 g/mol. The van der Waals surface area contributed by atoms with Gasteiger partial charge in [-0.1, -0.05) is 0 Å². The van der Waals surface area contributed by atoms with Gasteiger partial charge in [-0.25, -0.2) is 9.59 Å². The summed E-state index contributed by atoms with van der Waals surface area (Å²) >= 11 is 0. The summed E-state index contributed by atoms with van der Waals surface area (Å²) in [5.41, 5.74) is -0.684. The molecular formula is C15H20N4O6. The molecule has 0 atom stereocenters. The highest BCUT2D eigenvalue weighted by molar-refractivity contribution is 5.97. The Hall–Kier alpha value is -3.17. The molecule has 10 nitrogen and oxygen atoms in total. The number of nitrogens with one attached hydrogen (secondary N) is 3. The van der Waals surface area contributed by atoms with Gasteiger partial charge in [-0.05, 0) is 32.9 Å². The molecule has 136 valence electrons. The molecule has 1 aromatic rings. The molecule has 0 saturated heterocycles. The highest BCUT2D eigenvalue weighted by atomic mass is 16.6. The second-order valence-electron chi connectivity index (χ2n) is 6.07. The van der Waals surface area contributed by atoms with Crippen LogP contribution in [0.2, 0.25) is 0 Å². The molecule has 0 aliphatic heterocycles. The van der Waals surface area contributed by atoms with Gasteiger partial charge >= 0.3 is 12.0 Å². The Kier molecular flexibility index (Phi) is 6.43. The molecule has 3 N–H and O–H groups in total. The predicted molar refractivity (Wildman–Crippen MR) is 89.4 cm³/mol. The quantitative estimate of drug-likeness (QED) is 0.413. The maximum absolute atomic E-state index is 11.9. The molecule has 1 rings (SSSR count). The van der Waals surface area contributed by atoms with Crippen LogP contribution in [0, 0.1) is 10.1 Å². The summed E-state index contributed by atoms with van der Waals surface area (Å²) in [6.07, 6.45) is 0. The van der Waals surface area contributed by atoms with Gasteiger partial charge in [0.05, 0.1) is 10.5 Å². The number of esters is 1. The lowest BCUT2D eigenvalue weighted by Crippen LogP contribution is -2.49. The Balaban J connectivity index is 2.65. The molecule has 0 heterocycles. The van der Waals surface area contributed by atoms with Crippen molar-refractivity contribution in [1.29, 1.82) is 0 Å². The van der Waals surface area contributed by atoms with E-state index in [1.807, 2.05) is 5.32 Å². The minimum atomic E-state index is -0.919. The van der Waals surface area contributed by atoms with Gasteiger partial charge in [0.25, 0.3) is 11.6 Å². The number of carbonyl (C=O) groups excluding carboxylic acids is 3. The minimum absolute atomic E-state index is 0.0855. The molecule has 0 bridgehead atoms. The second kappa shape index (κ2) is 8.08. The van der Waals surface area contributed by atoms with Crippen molar-refractivity contribution in [3.8, 4) is 0 Å². The van der Waals surface area contributed by atoms with E-state index >= 15 is 0 Å². The first-order chi connectivity index (χ1) is 11.5. The third kappa shape index (κ3) is 6.45. The molecule has 3 amide bonds. The summed E-state index contributed by atoms with van der Waals surface area (Å²) in [6, 6.07) is 3.00. The number of hydrogen-bond donors (Lipinski definition) is 3. The van der Waals surface area contributed by atoms with E-state index in [4.69, 9.17) is 4.74 Å². The van der Waals surface area contributed by atoms with Crippen molar-refractivity contribution in [3.05, 3.63) is 33.9 Å². The maximum atomic E-state index is 11.9. The molecule has 25 heavy (non-hydrogen) atoms. The number of carbonyl (C=O) groups is 3. The molecule has 0 aliphatic rings. The van der Waals surface area contributed by atoms with Crippen molar-refractivity contribution in [3.63, 3.8) is 0 Å². The first-order valence-electron chi connectivity index (χ1n) is 7.29. The van der Waals surface area contributed by atoms with Crippen molar-refractivity contribution in [2.45, 2.75) is 26.3 Å². The van der Waals surface area contributed by atoms with Crippen LogP contribution in [-0.4, -0.2) is 42.0 Å². The lowest BCUT2D eigenvalue weighted by molar-refractivity contribution is -0.384. The van der Waals surface area contributed by atoms with E-state index in [1.54, 1.807) is 20.8 Å². The van der Waals surface area contributed by atoms with Gasteiger partial charge in [-0.2, -0.15) is 0 Å². The fraction of sp³-hybridized carbons (Fsp3) is 0.400. The van der Waals surface area contributed by atoms with Gasteiger partial charge < -0.3 is 15.4 Å². The number of nitro groups is 1. The van der Waals surface area contributed by atoms with E-state index in [0.717, 1.165) is 6.07 Å². The van der Waals surface area contributed by atoms with Crippen LogP contribution in [0.4, 0.5) is 16.2 Å². The van der Waals surface area contributed by atoms with Crippen molar-refractivity contribution >= 4 is 29.3 Å². The molecular weight excluding hydrogens is 332 g/mol. The van der Waals surface area contributed by atoms with Crippen LogP contribution < -0.4 is 16.0 Å². The molecule has 0 aliphatic carbocycles. The number of benzene rings is 1. The van der Waals surface area contributed by atoms with Crippen LogP contribution in [-0.2, 0) is 9.53 Å². The number of imide groups is 1. The van der Waals surface area contributed by atoms with Crippen LogP contribution in [0.3, 0.4) is 0 Å². The van der Waals surface area contributed by atoms with Gasteiger partial charge in [-0.3, -0.25) is 20.2 Å². The Labute approximate surface area is 144 Å². The monoisotopic (exact) mass is 352 g/mol. The van der Waals surface area contributed by atoms with Crippen LogP contribution >= 0.6 is 0 Å². The minimum Gasteiger partial charge on any atom is -0.452 e. The van der Waals surface area contributed by atoms with Gasteiger partial charge in [0.1, 0.15) is 5.69 Å². The van der Waals surface area contributed by atoms with E-state index in [9.17, 15) is 24.5 Å². The summed E-state index contributed by atoms with van der Waals surface area (Å²) in [6.45, 7) is 4.51. The van der Waals surface area contributed by atoms with Crippen molar-refractivity contribution in [2.24, 2.45) is 0 Å². The summed E-state index contributed by atoms with van der Waals surface area (Å²) in [5, 5.41) is 18.1. The number of rotatable bonds is 5. The maximum Gasteiger partial charge on any atom is 0.338 e. The first-order valence-corrected chi connectivity index (χ1v) is 7.29. The molecule has 0 aromatic heterocycles. The second-order valence-corrected chi connectivity index (χ2v) is 6.07. The number of nitrogens with zero attached hydrogens (tertiary/aromatic N) is 1. The zero-order chi connectivity index (χ0) is 19.2. The number of ether oxygens (including phenoxy) is 1. The molecule has 0 unspecified atom stereocenters. The lowest BCUT2D eigenvalue weighted by Gasteiger charge is -2.20. The SMILES string of the molecule is CNc1ccc(C(=O)OCC(=O)NC(=O)NC(C)(C)C)cc1[N+](=O)[O-]. The Morgan fingerprint density at radius 3 is 2.40 bits per heavy atom. The molecule has 0 radical (unpaired) electrons. The van der Waals surface area contributed by atoms with Crippen LogP contribution in [0.15, 0.2) is 18.2 Å². The highest BCUT2D eigenvalue weighted by Gasteiger charge is 2.19. The van der Waals surface area contributed by atoms with Gasteiger partial charge in [0.2, 0.25) is 0 Å². The zero-order valence-corrected chi connectivity index (χ0v) is 14.3. The number of hydrogen-bond acceptors (Lipinski definition) is 7. The lowest BCUT2D eigenvalue weighted by atomic mass is 10.1. The summed E-state index contributed by atoms with van der Waals surface area (Å²) < 4.78 is 4.76. The molecule has 0 saturated carbocycles. The van der Waals surface area contributed by atoms with E-state index < -0.39 is 35.0 Å². The number of nitro benzene ring substituents is 1. The van der Waals surface area contributed by atoms with E-state index in [2.05, 4.69) is 10.6 Å². The van der Waals surface area contributed by atoms with E-state index in [1.165, 1.54) is 19.2 Å². The summed E-state index contributed by atoms with van der Waals surface area (Å²) in [7, 11) is 1.51. The van der Waals surface area contributed by atoms with Crippen LogP contribution in [0.5, 0.6) is 0 Å². The summed E-state index contributed by atoms with van der Waals surface area (Å²) in [5.74, 6) is -1.74. The van der Waals surface area contributed by atoms with Gasteiger partial charge in [-0.15, -0.1) is 0 Å². The fourth-order valence-corrected chi connectivity index (χ4v) is 1.77. The summed E-state index contributed by atoms with van der Waals surface area (Å²) in [4.78, 5) is 45.3.